The van der Waals surface area contributed by atoms with Crippen molar-refractivity contribution in [3.05, 3.63) is 46.8 Å². The topological polar surface area (TPSA) is 59.4 Å². The Bertz CT molecular complexity index is 757. The third-order valence-electron chi connectivity index (χ3n) is 3.32. The van der Waals surface area contributed by atoms with E-state index in [1.165, 1.54) is 11.3 Å². The predicted octanol–water partition coefficient (Wildman–Crippen LogP) is 4.58. The van der Waals surface area contributed by atoms with Gasteiger partial charge >= 0.3 is 0 Å². The van der Waals surface area contributed by atoms with Gasteiger partial charge in [-0.15, -0.1) is 11.3 Å². The van der Waals surface area contributed by atoms with Crippen molar-refractivity contribution in [1.29, 1.82) is 0 Å². The number of furan rings is 1. The molecule has 0 fully saturated rings. The molecule has 0 amide bonds. The van der Waals surface area contributed by atoms with Gasteiger partial charge in [0, 0.05) is 0 Å². The highest BCUT2D eigenvalue weighted by Gasteiger charge is 2.22. The Hall–Kier alpha value is -2.20. The lowest BCUT2D eigenvalue weighted by atomic mass is 9.99. The number of nitrogen functional groups attached to an aromatic ring is 1. The number of nitrogens with two attached hydrogens (primary N) is 1. The lowest BCUT2D eigenvalue weighted by molar-refractivity contribution is 0.467. The first kappa shape index (κ1) is 12.8. The van der Waals surface area contributed by atoms with Gasteiger partial charge in [-0.2, -0.15) is 0 Å². The number of hydrogen-bond acceptors (Lipinski definition) is 4. The summed E-state index contributed by atoms with van der Waals surface area (Å²) in [4.78, 5) is 0.866. The number of aromatic hydroxyl groups is 1. The fraction of sp³-hybridized carbons (Fsp3) is 0.125. The number of aryl methyl sites for hydroxylation is 2. The maximum atomic E-state index is 10.5. The molecule has 0 aliphatic heterocycles. The standard InChI is InChI=1S/C16H15NO2S/c1-9-5-6-10(2)11(8-9)13-14(18)15(19-16(13)17)12-4-3-7-20-12/h3-8,18H,17H2,1-2H3. The third-order valence-corrected chi connectivity index (χ3v) is 4.19. The first-order chi connectivity index (χ1) is 9.58. The molecule has 3 N–H and O–H groups in total. The van der Waals surface area contributed by atoms with Crippen molar-refractivity contribution < 1.29 is 9.52 Å². The van der Waals surface area contributed by atoms with Crippen LogP contribution in [0.2, 0.25) is 0 Å². The number of thiophene rings is 1. The molecule has 2 aromatic heterocycles. The van der Waals surface area contributed by atoms with Crippen LogP contribution < -0.4 is 5.73 Å². The summed E-state index contributed by atoms with van der Waals surface area (Å²) < 4.78 is 5.58. The minimum Gasteiger partial charge on any atom is -0.504 e. The molecule has 3 nitrogen and oxygen atoms in total. The molecule has 0 saturated heterocycles. The molecule has 0 aliphatic carbocycles. The smallest absolute Gasteiger partial charge is 0.202 e. The number of anilines is 1. The summed E-state index contributed by atoms with van der Waals surface area (Å²) in [5.74, 6) is 0.798. The summed E-state index contributed by atoms with van der Waals surface area (Å²) in [6.45, 7) is 4.00. The van der Waals surface area contributed by atoms with Crippen molar-refractivity contribution in [3.8, 4) is 27.5 Å². The fourth-order valence-corrected chi connectivity index (χ4v) is 2.99. The molecular weight excluding hydrogens is 270 g/mol. The van der Waals surface area contributed by atoms with Gasteiger partial charge in [-0.3, -0.25) is 0 Å². The Balaban J connectivity index is 2.23. The third kappa shape index (κ3) is 1.98. The van der Waals surface area contributed by atoms with Crippen molar-refractivity contribution in [2.75, 3.05) is 5.73 Å². The average Bonchev–Trinajstić information content (AvgIpc) is 3.02. The molecule has 0 spiro atoms. The van der Waals surface area contributed by atoms with Crippen LogP contribution in [0.4, 0.5) is 5.88 Å². The van der Waals surface area contributed by atoms with E-state index in [4.69, 9.17) is 10.2 Å². The van der Waals surface area contributed by atoms with Crippen LogP contribution in [0.15, 0.2) is 40.1 Å². The molecule has 0 bridgehead atoms. The largest absolute Gasteiger partial charge is 0.504 e. The van der Waals surface area contributed by atoms with Gasteiger partial charge in [0.25, 0.3) is 0 Å². The molecule has 3 rings (SSSR count). The van der Waals surface area contributed by atoms with Gasteiger partial charge in [-0.25, -0.2) is 0 Å². The molecule has 2 heterocycles. The highest BCUT2D eigenvalue weighted by molar-refractivity contribution is 7.13. The number of rotatable bonds is 2. The van der Waals surface area contributed by atoms with Crippen LogP contribution in [0.5, 0.6) is 5.75 Å². The molecule has 0 radical (unpaired) electrons. The summed E-state index contributed by atoms with van der Waals surface area (Å²) >= 11 is 1.51. The zero-order valence-electron chi connectivity index (χ0n) is 11.3. The lowest BCUT2D eigenvalue weighted by Crippen LogP contribution is -1.89. The second-order valence-corrected chi connectivity index (χ2v) is 5.76. The van der Waals surface area contributed by atoms with E-state index in [1.54, 1.807) is 0 Å². The van der Waals surface area contributed by atoms with E-state index in [0.29, 0.717) is 11.3 Å². The van der Waals surface area contributed by atoms with E-state index in [2.05, 4.69) is 0 Å². The maximum absolute atomic E-state index is 10.5. The van der Waals surface area contributed by atoms with Gasteiger partial charge in [0.05, 0.1) is 10.4 Å². The fourth-order valence-electron chi connectivity index (χ4n) is 2.28. The molecular formula is C16H15NO2S. The Morgan fingerprint density at radius 3 is 2.70 bits per heavy atom. The van der Waals surface area contributed by atoms with E-state index in [-0.39, 0.29) is 11.6 Å². The molecule has 1 aromatic carbocycles. The van der Waals surface area contributed by atoms with Crippen molar-refractivity contribution in [3.63, 3.8) is 0 Å². The molecule has 0 unspecified atom stereocenters. The van der Waals surface area contributed by atoms with E-state index in [9.17, 15) is 5.11 Å². The second-order valence-electron chi connectivity index (χ2n) is 4.81. The normalized spacial score (nSPS) is 10.9. The minimum absolute atomic E-state index is 0.110. The van der Waals surface area contributed by atoms with Crippen molar-refractivity contribution in [2.45, 2.75) is 13.8 Å². The number of benzene rings is 1. The lowest BCUT2D eigenvalue weighted by Gasteiger charge is -2.06. The van der Waals surface area contributed by atoms with Crippen molar-refractivity contribution >= 4 is 17.2 Å². The average molecular weight is 285 g/mol. The van der Waals surface area contributed by atoms with Crippen LogP contribution in [-0.2, 0) is 0 Å². The summed E-state index contributed by atoms with van der Waals surface area (Å²) in [5.41, 5.74) is 9.63. The molecule has 0 aliphatic rings. The highest BCUT2D eigenvalue weighted by Crippen LogP contribution is 2.46. The van der Waals surface area contributed by atoms with E-state index < -0.39 is 0 Å². The summed E-state index contributed by atoms with van der Waals surface area (Å²) in [5, 5.41) is 12.4. The Morgan fingerprint density at radius 1 is 1.20 bits per heavy atom. The van der Waals surface area contributed by atoms with E-state index >= 15 is 0 Å². The van der Waals surface area contributed by atoms with Crippen LogP contribution in [0.3, 0.4) is 0 Å². The second kappa shape index (κ2) is 4.72. The highest BCUT2D eigenvalue weighted by atomic mass is 32.1. The van der Waals surface area contributed by atoms with E-state index in [0.717, 1.165) is 21.6 Å². The Labute approximate surface area is 121 Å². The van der Waals surface area contributed by atoms with Crippen LogP contribution in [-0.4, -0.2) is 5.11 Å². The maximum Gasteiger partial charge on any atom is 0.202 e. The SMILES string of the molecule is Cc1ccc(C)c(-c2c(N)oc(-c3cccs3)c2O)c1. The Morgan fingerprint density at radius 2 is 2.00 bits per heavy atom. The van der Waals surface area contributed by atoms with E-state index in [1.807, 2.05) is 49.6 Å². The predicted molar refractivity (Wildman–Crippen MR) is 83.0 cm³/mol. The molecule has 0 atom stereocenters. The van der Waals surface area contributed by atoms with Crippen molar-refractivity contribution in [1.82, 2.24) is 0 Å². The van der Waals surface area contributed by atoms with Crippen LogP contribution in [0, 0.1) is 13.8 Å². The van der Waals surface area contributed by atoms with Gasteiger partial charge in [0.2, 0.25) is 5.88 Å². The number of hydrogen-bond donors (Lipinski definition) is 2. The molecule has 3 aromatic rings. The van der Waals surface area contributed by atoms with Crippen LogP contribution in [0.25, 0.3) is 21.8 Å². The van der Waals surface area contributed by atoms with Gasteiger partial charge in [-0.05, 0) is 36.4 Å². The summed E-state index contributed by atoms with van der Waals surface area (Å²) in [6, 6.07) is 9.87. The van der Waals surface area contributed by atoms with Gasteiger partial charge in [-0.1, -0.05) is 29.8 Å². The Kier molecular flexibility index (Phi) is 3.03. The molecule has 0 saturated carbocycles. The zero-order chi connectivity index (χ0) is 14.3. The van der Waals surface area contributed by atoms with Crippen LogP contribution >= 0.6 is 11.3 Å². The first-order valence-corrected chi connectivity index (χ1v) is 7.18. The molecule has 102 valence electrons. The summed E-state index contributed by atoms with van der Waals surface area (Å²) in [7, 11) is 0. The summed E-state index contributed by atoms with van der Waals surface area (Å²) in [6.07, 6.45) is 0. The van der Waals surface area contributed by atoms with Crippen molar-refractivity contribution in [2.24, 2.45) is 0 Å². The minimum atomic E-state index is 0.110. The monoisotopic (exact) mass is 285 g/mol. The molecule has 4 heteroatoms. The molecule has 20 heavy (non-hydrogen) atoms. The van der Waals surface area contributed by atoms with Gasteiger partial charge in [0.1, 0.15) is 0 Å². The van der Waals surface area contributed by atoms with Crippen LogP contribution in [0.1, 0.15) is 11.1 Å². The zero-order valence-corrected chi connectivity index (χ0v) is 12.1. The van der Waals surface area contributed by atoms with Gasteiger partial charge in [0.15, 0.2) is 11.5 Å². The quantitative estimate of drug-likeness (QED) is 0.724. The van der Waals surface area contributed by atoms with Gasteiger partial charge < -0.3 is 15.3 Å². The first-order valence-electron chi connectivity index (χ1n) is 6.30.